The molecule has 0 amide bonds. The van der Waals surface area contributed by atoms with Crippen LogP contribution in [-0.2, 0) is 0 Å². The Morgan fingerprint density at radius 2 is 0.712 bits per heavy atom. The van der Waals surface area contributed by atoms with E-state index in [0.29, 0.717) is 11.1 Å². The molecule has 0 saturated heterocycles. The van der Waals surface area contributed by atoms with Crippen molar-refractivity contribution in [2.24, 2.45) is 0 Å². The van der Waals surface area contributed by atoms with E-state index in [0.717, 1.165) is 43.4 Å². The quantitative estimate of drug-likeness (QED) is 0.0395. The lowest BCUT2D eigenvalue weighted by atomic mass is 9.83. The largest absolute Gasteiger partial charge is 0.504 e. The minimum atomic E-state index is -1.01. The molecule has 9 rings (SSSR count). The number of benzene rings is 9. The molecule has 0 atom stereocenters. The van der Waals surface area contributed by atoms with Crippen molar-refractivity contribution < 1.29 is 40.9 Å². The predicted molar refractivity (Wildman–Crippen MR) is 204 cm³/mol. The van der Waals surface area contributed by atoms with Crippen molar-refractivity contribution in [1.29, 1.82) is 0 Å². The molecular weight excluding hydrogens is 656 g/mol. The summed E-state index contributed by atoms with van der Waals surface area (Å²) < 4.78 is 0. The minimum absolute atomic E-state index is 0.00412. The SMILES string of the molecule is Oc1c(O)c(O)c2c(-c3cccc(-c4cc5ccc6ccccc6c5c5ccccc45)c3)c3c(O)c(O)c(O)c(O)c3c(-c3ccccc3)c2c1O. The topological polar surface area (TPSA) is 162 Å². The van der Waals surface area contributed by atoms with Gasteiger partial charge in [-0.3, -0.25) is 0 Å². The Kier molecular flexibility index (Phi) is 6.55. The summed E-state index contributed by atoms with van der Waals surface area (Å²) in [6.07, 6.45) is 0. The second-order valence-electron chi connectivity index (χ2n) is 12.8. The van der Waals surface area contributed by atoms with E-state index in [1.54, 1.807) is 48.5 Å². The molecule has 0 unspecified atom stereocenters. The molecule has 8 heteroatoms. The van der Waals surface area contributed by atoms with Gasteiger partial charge in [-0.1, -0.05) is 109 Å². The molecule has 8 N–H and O–H groups in total. The van der Waals surface area contributed by atoms with E-state index in [1.807, 2.05) is 36.4 Å². The number of fused-ring (bicyclic) bond motifs is 7. The van der Waals surface area contributed by atoms with E-state index in [1.165, 1.54) is 0 Å². The molecule has 0 saturated carbocycles. The Hall–Kier alpha value is -7.32. The van der Waals surface area contributed by atoms with Crippen LogP contribution >= 0.6 is 0 Å². The maximum absolute atomic E-state index is 11.6. The molecule has 0 aliphatic rings. The third-order valence-corrected chi connectivity index (χ3v) is 10.1. The van der Waals surface area contributed by atoms with Gasteiger partial charge in [0.05, 0.1) is 0 Å². The predicted octanol–water partition coefficient (Wildman–Crippen LogP) is 10.1. The fraction of sp³-hybridized carbons (Fsp3) is 0. The number of hydrogen-bond acceptors (Lipinski definition) is 8. The van der Waals surface area contributed by atoms with Crippen LogP contribution in [0.15, 0.2) is 121 Å². The summed E-state index contributed by atoms with van der Waals surface area (Å²) in [5.41, 5.74) is 2.30. The molecule has 9 aromatic rings. The molecule has 0 aromatic heterocycles. The second-order valence-corrected chi connectivity index (χ2v) is 12.8. The summed E-state index contributed by atoms with van der Waals surface area (Å²) in [6.45, 7) is 0. The van der Waals surface area contributed by atoms with E-state index < -0.39 is 46.0 Å². The van der Waals surface area contributed by atoms with Gasteiger partial charge in [0, 0.05) is 32.7 Å². The summed E-state index contributed by atoms with van der Waals surface area (Å²) in [4.78, 5) is 0. The lowest BCUT2D eigenvalue weighted by molar-refractivity contribution is 0.350. The second kappa shape index (κ2) is 11.1. The number of rotatable bonds is 3. The van der Waals surface area contributed by atoms with Crippen molar-refractivity contribution in [3.8, 4) is 79.4 Å². The average molecular weight is 685 g/mol. The first kappa shape index (κ1) is 30.7. The Morgan fingerprint density at radius 1 is 0.269 bits per heavy atom. The highest BCUT2D eigenvalue weighted by molar-refractivity contribution is 6.29. The molecule has 52 heavy (non-hydrogen) atoms. The van der Waals surface area contributed by atoms with Gasteiger partial charge in [0.15, 0.2) is 23.0 Å². The van der Waals surface area contributed by atoms with E-state index in [9.17, 15) is 40.9 Å². The maximum atomic E-state index is 11.6. The molecule has 0 aliphatic carbocycles. The van der Waals surface area contributed by atoms with Crippen molar-refractivity contribution in [1.82, 2.24) is 0 Å². The standard InChI is InChI=1S/C44H28O8/c45-37-33-31(22-10-2-1-3-11-22)34-36(40(48)44(52)42(50)38(34)46)32(35(33)39(47)43(51)41(37)49)24-13-8-12-23(19-24)29-20-25-18-17-21-9-4-5-14-26(21)30(25)28-16-7-6-15-27(28)29/h1-20,45-52H. The monoisotopic (exact) mass is 684 g/mol. The fourth-order valence-corrected chi connectivity index (χ4v) is 7.76. The third-order valence-electron chi connectivity index (χ3n) is 10.1. The van der Waals surface area contributed by atoms with Crippen molar-refractivity contribution in [2.45, 2.75) is 0 Å². The van der Waals surface area contributed by atoms with Gasteiger partial charge in [-0.2, -0.15) is 0 Å². The van der Waals surface area contributed by atoms with Gasteiger partial charge < -0.3 is 40.9 Å². The Bertz CT molecular complexity index is 2910. The van der Waals surface area contributed by atoms with Crippen molar-refractivity contribution in [3.05, 3.63) is 121 Å². The van der Waals surface area contributed by atoms with Crippen LogP contribution in [0.2, 0.25) is 0 Å². The van der Waals surface area contributed by atoms with Gasteiger partial charge in [-0.15, -0.1) is 0 Å². The first-order valence-corrected chi connectivity index (χ1v) is 16.4. The summed E-state index contributed by atoms with van der Waals surface area (Å²) in [7, 11) is 0. The van der Waals surface area contributed by atoms with Crippen LogP contribution in [0.5, 0.6) is 46.0 Å². The lowest BCUT2D eigenvalue weighted by Crippen LogP contribution is -1.95. The molecule has 0 fully saturated rings. The molecule has 0 bridgehead atoms. The zero-order valence-electron chi connectivity index (χ0n) is 27.1. The highest BCUT2D eigenvalue weighted by atomic mass is 16.4. The van der Waals surface area contributed by atoms with Crippen LogP contribution in [0.25, 0.3) is 87.2 Å². The highest BCUT2D eigenvalue weighted by Crippen LogP contribution is 2.62. The van der Waals surface area contributed by atoms with Crippen molar-refractivity contribution >= 4 is 53.9 Å². The maximum Gasteiger partial charge on any atom is 0.204 e. The Balaban J connectivity index is 1.45. The Labute approximate surface area is 294 Å². The normalized spacial score (nSPS) is 11.7. The van der Waals surface area contributed by atoms with Crippen molar-refractivity contribution in [3.63, 3.8) is 0 Å². The van der Waals surface area contributed by atoms with Crippen LogP contribution in [0.4, 0.5) is 0 Å². The first-order valence-electron chi connectivity index (χ1n) is 16.4. The van der Waals surface area contributed by atoms with E-state index in [4.69, 9.17) is 0 Å². The van der Waals surface area contributed by atoms with Crippen LogP contribution in [-0.4, -0.2) is 40.9 Å². The lowest BCUT2D eigenvalue weighted by Gasteiger charge is -2.22. The molecule has 252 valence electrons. The van der Waals surface area contributed by atoms with Gasteiger partial charge in [0.2, 0.25) is 23.0 Å². The smallest absolute Gasteiger partial charge is 0.204 e. The molecule has 8 nitrogen and oxygen atoms in total. The highest BCUT2D eigenvalue weighted by Gasteiger charge is 2.32. The molecule has 0 aliphatic heterocycles. The molecule has 0 heterocycles. The van der Waals surface area contributed by atoms with Crippen molar-refractivity contribution in [2.75, 3.05) is 0 Å². The molecule has 9 aromatic carbocycles. The number of aromatic hydroxyl groups is 8. The van der Waals surface area contributed by atoms with E-state index in [2.05, 4.69) is 36.4 Å². The van der Waals surface area contributed by atoms with Gasteiger partial charge in [0.25, 0.3) is 0 Å². The molecule has 0 radical (unpaired) electrons. The summed E-state index contributed by atoms with van der Waals surface area (Å²) in [5.74, 6) is -7.32. The van der Waals surface area contributed by atoms with E-state index in [-0.39, 0.29) is 32.7 Å². The van der Waals surface area contributed by atoms with Gasteiger partial charge >= 0.3 is 0 Å². The Morgan fingerprint density at radius 3 is 1.31 bits per heavy atom. The number of hydrogen-bond donors (Lipinski definition) is 8. The summed E-state index contributed by atoms with van der Waals surface area (Å²) in [5, 5.41) is 95.0. The minimum Gasteiger partial charge on any atom is -0.504 e. The molecular formula is C44H28O8. The van der Waals surface area contributed by atoms with Gasteiger partial charge in [0.1, 0.15) is 0 Å². The molecule has 0 spiro atoms. The first-order chi connectivity index (χ1) is 25.2. The summed E-state index contributed by atoms with van der Waals surface area (Å²) >= 11 is 0. The van der Waals surface area contributed by atoms with Crippen LogP contribution in [0.1, 0.15) is 0 Å². The van der Waals surface area contributed by atoms with E-state index >= 15 is 0 Å². The van der Waals surface area contributed by atoms with Gasteiger partial charge in [-0.05, 0) is 66.7 Å². The van der Waals surface area contributed by atoms with Gasteiger partial charge in [-0.25, -0.2) is 0 Å². The van der Waals surface area contributed by atoms with Crippen LogP contribution in [0, 0.1) is 0 Å². The zero-order chi connectivity index (χ0) is 36.0. The zero-order valence-corrected chi connectivity index (χ0v) is 27.1. The average Bonchev–Trinajstić information content (AvgIpc) is 3.19. The number of phenolic OH excluding ortho intramolecular Hbond substituents is 8. The fourth-order valence-electron chi connectivity index (χ4n) is 7.76. The third kappa shape index (κ3) is 4.15. The summed E-state index contributed by atoms with van der Waals surface area (Å²) in [6, 6.07) is 38.0. The van der Waals surface area contributed by atoms with Crippen LogP contribution < -0.4 is 0 Å². The van der Waals surface area contributed by atoms with Crippen LogP contribution in [0.3, 0.4) is 0 Å². The number of phenols is 8.